The van der Waals surface area contributed by atoms with Gasteiger partial charge in [0.05, 0.1) is 5.71 Å². The molecule has 1 rings (SSSR count). The molecule has 0 amide bonds. The van der Waals surface area contributed by atoms with Crippen LogP contribution in [0.5, 0.6) is 5.75 Å². The molecule has 0 bridgehead atoms. The second-order valence-corrected chi connectivity index (χ2v) is 2.57. The predicted octanol–water partition coefficient (Wildman–Crippen LogP) is 1.42. The number of rotatable bonds is 3. The topological polar surface area (TPSA) is 85.4 Å². The minimum absolute atomic E-state index is 0.0200. The van der Waals surface area contributed by atoms with E-state index < -0.39 is 0 Å². The third-order valence-electron chi connectivity index (χ3n) is 1.70. The van der Waals surface area contributed by atoms with E-state index in [0.717, 1.165) is 0 Å². The quantitative estimate of drug-likeness (QED) is 0.386. The normalized spacial score (nSPS) is 12.1. The van der Waals surface area contributed by atoms with Gasteiger partial charge in [0.15, 0.2) is 0 Å². The Balaban J connectivity index is 2.96. The summed E-state index contributed by atoms with van der Waals surface area (Å²) >= 11 is 0. The van der Waals surface area contributed by atoms with Gasteiger partial charge < -0.3 is 15.5 Å². The number of para-hydroxylation sites is 1. The Bertz CT molecular complexity index is 361. The molecule has 0 atom stereocenters. The largest absolute Gasteiger partial charge is 0.507 e. The van der Waals surface area contributed by atoms with Crippen LogP contribution in [0.1, 0.15) is 12.0 Å². The lowest BCUT2D eigenvalue weighted by molar-refractivity contribution is 0.316. The molecule has 14 heavy (non-hydrogen) atoms. The zero-order valence-corrected chi connectivity index (χ0v) is 7.33. The van der Waals surface area contributed by atoms with Crippen LogP contribution >= 0.6 is 0 Å². The van der Waals surface area contributed by atoms with Gasteiger partial charge in [0.2, 0.25) is 0 Å². The van der Waals surface area contributed by atoms with Crippen LogP contribution in [0.3, 0.4) is 0 Å². The zero-order valence-electron chi connectivity index (χ0n) is 7.33. The molecule has 0 saturated heterocycles. The Hall–Kier alpha value is -2.04. The highest BCUT2D eigenvalue weighted by molar-refractivity contribution is 6.08. The first kappa shape index (κ1) is 10.0. The van der Waals surface area contributed by atoms with E-state index >= 15 is 0 Å². The molecule has 3 N–H and O–H groups in total. The van der Waals surface area contributed by atoms with E-state index in [-0.39, 0.29) is 17.9 Å². The zero-order chi connectivity index (χ0) is 10.4. The average Bonchev–Trinajstić information content (AvgIpc) is 2.21. The summed E-state index contributed by atoms with van der Waals surface area (Å²) < 4.78 is 0. The molecule has 74 valence electrons. The van der Waals surface area contributed by atoms with Gasteiger partial charge in [-0.2, -0.15) is 0 Å². The van der Waals surface area contributed by atoms with Crippen LogP contribution in [0.2, 0.25) is 0 Å². The summed E-state index contributed by atoms with van der Waals surface area (Å²) in [5, 5.41) is 32.1. The molecule has 0 spiro atoms. The standard InChI is InChI=1S/C9H10N2O3/c12-9-4-2-1-3-7(9)8(11-14)5-6-10-13/h1-4,6,12-14H,5H2. The van der Waals surface area contributed by atoms with Gasteiger partial charge in [-0.15, -0.1) is 5.16 Å². The lowest BCUT2D eigenvalue weighted by atomic mass is 10.1. The van der Waals surface area contributed by atoms with Crippen LogP contribution in [-0.2, 0) is 0 Å². The summed E-state index contributed by atoms with van der Waals surface area (Å²) in [6, 6.07) is 6.45. The summed E-state index contributed by atoms with van der Waals surface area (Å²) in [5.74, 6) is 0.0200. The highest BCUT2D eigenvalue weighted by Crippen LogP contribution is 2.17. The SMILES string of the molecule is ON=CCC(=NO)c1ccccc1O. The Morgan fingerprint density at radius 1 is 1.29 bits per heavy atom. The van der Waals surface area contributed by atoms with Crippen molar-refractivity contribution >= 4 is 11.9 Å². The molecule has 0 aliphatic rings. The molecule has 0 fully saturated rings. The van der Waals surface area contributed by atoms with Crippen molar-refractivity contribution < 1.29 is 15.5 Å². The summed E-state index contributed by atoms with van der Waals surface area (Å²) in [5.41, 5.74) is 0.649. The Labute approximate surface area is 80.6 Å². The number of phenolic OH excluding ortho intramolecular Hbond substituents is 1. The third kappa shape index (κ3) is 2.22. The first-order chi connectivity index (χ1) is 6.79. The highest BCUT2D eigenvalue weighted by Gasteiger charge is 2.07. The van der Waals surface area contributed by atoms with Gasteiger partial charge in [0, 0.05) is 18.2 Å². The molecule has 0 unspecified atom stereocenters. The van der Waals surface area contributed by atoms with Crippen LogP contribution < -0.4 is 0 Å². The lowest BCUT2D eigenvalue weighted by Gasteiger charge is -2.03. The third-order valence-corrected chi connectivity index (χ3v) is 1.70. The molecule has 0 aromatic heterocycles. The molecule has 0 aliphatic heterocycles. The Morgan fingerprint density at radius 2 is 2.00 bits per heavy atom. The van der Waals surface area contributed by atoms with E-state index in [2.05, 4.69) is 10.3 Å². The average molecular weight is 194 g/mol. The second kappa shape index (κ2) is 4.86. The van der Waals surface area contributed by atoms with Crippen LogP contribution in [0, 0.1) is 0 Å². The van der Waals surface area contributed by atoms with E-state index in [0.29, 0.717) is 5.56 Å². The summed E-state index contributed by atoms with van der Waals surface area (Å²) in [4.78, 5) is 0. The van der Waals surface area contributed by atoms with Crippen molar-refractivity contribution in [3.05, 3.63) is 29.8 Å². The maximum Gasteiger partial charge on any atom is 0.124 e. The van der Waals surface area contributed by atoms with E-state index in [9.17, 15) is 5.11 Å². The van der Waals surface area contributed by atoms with Crippen molar-refractivity contribution in [1.82, 2.24) is 0 Å². The molecule has 0 saturated carbocycles. The lowest BCUT2D eigenvalue weighted by Crippen LogP contribution is -2.02. The summed E-state index contributed by atoms with van der Waals surface area (Å²) in [7, 11) is 0. The van der Waals surface area contributed by atoms with Crippen molar-refractivity contribution in [2.75, 3.05) is 0 Å². The molecule has 0 heterocycles. The van der Waals surface area contributed by atoms with Gasteiger partial charge in [-0.25, -0.2) is 0 Å². The predicted molar refractivity (Wildman–Crippen MR) is 51.3 cm³/mol. The minimum Gasteiger partial charge on any atom is -0.507 e. The number of nitrogens with zero attached hydrogens (tertiary/aromatic N) is 2. The minimum atomic E-state index is 0.0200. The molecule has 0 radical (unpaired) electrons. The fraction of sp³-hybridized carbons (Fsp3) is 0.111. The molecule has 1 aromatic carbocycles. The molecular formula is C9H10N2O3. The van der Waals surface area contributed by atoms with Gasteiger partial charge in [0.1, 0.15) is 5.75 Å². The Kier molecular flexibility index (Phi) is 3.49. The van der Waals surface area contributed by atoms with Gasteiger partial charge in [-0.05, 0) is 12.1 Å². The molecule has 1 aromatic rings. The van der Waals surface area contributed by atoms with Crippen LogP contribution in [0.4, 0.5) is 0 Å². The number of hydrogen-bond acceptors (Lipinski definition) is 5. The van der Waals surface area contributed by atoms with E-state index in [1.807, 2.05) is 0 Å². The first-order valence-electron chi connectivity index (χ1n) is 3.94. The number of hydrogen-bond donors (Lipinski definition) is 3. The van der Waals surface area contributed by atoms with Gasteiger partial charge in [-0.3, -0.25) is 0 Å². The molecule has 0 aliphatic carbocycles. The van der Waals surface area contributed by atoms with Gasteiger partial charge in [-0.1, -0.05) is 17.3 Å². The van der Waals surface area contributed by atoms with Gasteiger partial charge in [0.25, 0.3) is 0 Å². The monoisotopic (exact) mass is 194 g/mol. The van der Waals surface area contributed by atoms with E-state index in [4.69, 9.17) is 10.4 Å². The molecule has 5 nitrogen and oxygen atoms in total. The smallest absolute Gasteiger partial charge is 0.124 e. The second-order valence-electron chi connectivity index (χ2n) is 2.57. The van der Waals surface area contributed by atoms with Crippen molar-refractivity contribution in [2.24, 2.45) is 10.3 Å². The van der Waals surface area contributed by atoms with Crippen molar-refractivity contribution in [3.8, 4) is 5.75 Å². The van der Waals surface area contributed by atoms with Crippen LogP contribution in [0.15, 0.2) is 34.6 Å². The molecule has 5 heteroatoms. The van der Waals surface area contributed by atoms with Crippen LogP contribution in [-0.4, -0.2) is 27.4 Å². The number of aromatic hydroxyl groups is 1. The van der Waals surface area contributed by atoms with Gasteiger partial charge >= 0.3 is 0 Å². The van der Waals surface area contributed by atoms with Crippen molar-refractivity contribution in [1.29, 1.82) is 0 Å². The number of benzene rings is 1. The van der Waals surface area contributed by atoms with Crippen LogP contribution in [0.25, 0.3) is 0 Å². The van der Waals surface area contributed by atoms with Crippen molar-refractivity contribution in [2.45, 2.75) is 6.42 Å². The number of oxime groups is 2. The van der Waals surface area contributed by atoms with E-state index in [1.165, 1.54) is 12.3 Å². The fourth-order valence-corrected chi connectivity index (χ4v) is 1.05. The maximum atomic E-state index is 9.41. The highest BCUT2D eigenvalue weighted by atomic mass is 16.4. The summed E-state index contributed by atoms with van der Waals surface area (Å²) in [6.07, 6.45) is 1.31. The maximum absolute atomic E-state index is 9.41. The summed E-state index contributed by atoms with van der Waals surface area (Å²) in [6.45, 7) is 0. The first-order valence-corrected chi connectivity index (χ1v) is 3.94. The number of phenols is 1. The molecular weight excluding hydrogens is 184 g/mol. The van der Waals surface area contributed by atoms with Crippen molar-refractivity contribution in [3.63, 3.8) is 0 Å². The van der Waals surface area contributed by atoms with E-state index in [1.54, 1.807) is 18.2 Å². The Morgan fingerprint density at radius 3 is 2.57 bits per heavy atom. The fourth-order valence-electron chi connectivity index (χ4n) is 1.05.